The van der Waals surface area contributed by atoms with Crippen molar-refractivity contribution in [1.82, 2.24) is 30.7 Å². The zero-order valence-electron chi connectivity index (χ0n) is 40.9. The average Bonchev–Trinajstić information content (AvgIpc) is 3.89. The highest BCUT2D eigenvalue weighted by Crippen LogP contribution is 2.36. The summed E-state index contributed by atoms with van der Waals surface area (Å²) in [6.07, 6.45) is 17.9. The first kappa shape index (κ1) is 56.1. The number of nitrogens with one attached hydrogen (secondary N) is 3. The molecule has 8 rings (SSSR count). The van der Waals surface area contributed by atoms with Gasteiger partial charge < -0.3 is 24.8 Å². The van der Waals surface area contributed by atoms with Crippen LogP contribution in [0, 0.1) is 0 Å². The third-order valence-electron chi connectivity index (χ3n) is 13.0. The first-order valence-corrected chi connectivity index (χ1v) is 26.7. The number of likely N-dealkylation sites (tertiary alicyclic amines) is 1. The van der Waals surface area contributed by atoms with Crippen molar-refractivity contribution < 1.29 is 48.9 Å². The molecule has 6 aliphatic rings. The fourth-order valence-electron chi connectivity index (χ4n) is 9.27. The number of carbonyl (C=O) groups is 8. The summed E-state index contributed by atoms with van der Waals surface area (Å²) in [6, 6.07) is 10.3. The molecule has 6 aliphatic heterocycles. The van der Waals surface area contributed by atoms with Crippen molar-refractivity contribution in [1.29, 1.82) is 0 Å². The van der Waals surface area contributed by atoms with Crippen molar-refractivity contribution in [2.24, 2.45) is 0 Å². The van der Waals surface area contributed by atoms with Crippen LogP contribution in [0.4, 0.5) is 4.39 Å². The number of imide groups is 2. The predicted octanol–water partition coefficient (Wildman–Crippen LogP) is 7.76. The van der Waals surface area contributed by atoms with Gasteiger partial charge >= 0.3 is 0 Å². The maximum atomic E-state index is 12.9. The third kappa shape index (κ3) is 17.2. The molecule has 7 amide bonds. The summed E-state index contributed by atoms with van der Waals surface area (Å²) in [5.41, 5.74) is 3.28. The van der Waals surface area contributed by atoms with Gasteiger partial charge in [0.15, 0.2) is 0 Å². The molecule has 2 atom stereocenters. The van der Waals surface area contributed by atoms with Crippen LogP contribution in [0.2, 0.25) is 0 Å². The van der Waals surface area contributed by atoms with Crippen molar-refractivity contribution in [3.05, 3.63) is 58.7 Å². The van der Waals surface area contributed by atoms with Crippen LogP contribution in [-0.4, -0.2) is 126 Å². The molecule has 4 fully saturated rings. The Morgan fingerprint density at radius 2 is 1.17 bits per heavy atom. The van der Waals surface area contributed by atoms with Crippen LogP contribution in [0.1, 0.15) is 163 Å². The molecule has 0 aliphatic carbocycles. The van der Waals surface area contributed by atoms with Crippen LogP contribution in [0.25, 0.3) is 0 Å². The molecule has 0 saturated carbocycles. The maximum Gasteiger partial charge on any atom is 0.293 e. The molecule has 0 spiro atoms. The Balaban J connectivity index is 0.000000261. The van der Waals surface area contributed by atoms with Crippen LogP contribution in [-0.2, 0) is 46.6 Å². The molecule has 0 bridgehead atoms. The maximum absolute atomic E-state index is 12.9. The van der Waals surface area contributed by atoms with E-state index in [0.717, 1.165) is 110 Å². The smallest absolute Gasteiger partial charge is 0.293 e. The Morgan fingerprint density at radius 3 is 1.61 bits per heavy atom. The van der Waals surface area contributed by atoms with Gasteiger partial charge in [0.1, 0.15) is 12.1 Å². The molecule has 4 saturated heterocycles. The molecule has 386 valence electrons. The zero-order chi connectivity index (χ0) is 50.1. The summed E-state index contributed by atoms with van der Waals surface area (Å²) in [7, 11) is -1.00. The minimum Gasteiger partial charge on any atom is -0.468 e. The van der Waals surface area contributed by atoms with Crippen molar-refractivity contribution >= 4 is 71.3 Å². The van der Waals surface area contributed by atoms with Gasteiger partial charge in [-0.3, -0.25) is 53.4 Å². The lowest BCUT2D eigenvalue weighted by molar-refractivity contribution is -0.138. The number of thioether (sulfide) groups is 2. The average molecular weight is 1010 g/mol. The van der Waals surface area contributed by atoms with Crippen molar-refractivity contribution in [3.63, 3.8) is 0 Å². The number of benzene rings is 2. The molecule has 2 unspecified atom stereocenters. The third-order valence-corrected chi connectivity index (χ3v) is 15.4. The molecular weight excluding hydrogens is 936 g/mol. The van der Waals surface area contributed by atoms with Gasteiger partial charge in [0, 0.05) is 66.4 Å². The number of unbranched alkanes of at least 4 members (excludes halogenated alkanes) is 6. The van der Waals surface area contributed by atoms with E-state index >= 15 is 0 Å². The molecule has 70 heavy (non-hydrogen) atoms. The molecule has 2 aromatic carbocycles. The predicted molar refractivity (Wildman–Crippen MR) is 271 cm³/mol. The molecule has 18 heteroatoms. The van der Waals surface area contributed by atoms with Gasteiger partial charge in [-0.2, -0.15) is 0 Å². The Hall–Kier alpha value is -4.81. The van der Waals surface area contributed by atoms with Crippen LogP contribution in [0.15, 0.2) is 46.2 Å². The van der Waals surface area contributed by atoms with Gasteiger partial charge in [-0.25, -0.2) is 0 Å². The van der Waals surface area contributed by atoms with Gasteiger partial charge in [-0.05, 0) is 131 Å². The van der Waals surface area contributed by atoms with Crippen LogP contribution in [0.3, 0.4) is 0 Å². The lowest BCUT2D eigenvalue weighted by atomic mass is 10.0. The van der Waals surface area contributed by atoms with E-state index in [9.17, 15) is 42.7 Å². The number of hydrogen-bond donors (Lipinski definition) is 3. The number of amides is 7. The number of fused-ring (bicyclic) bond motifs is 2. The fraction of sp³-hybridized carbons (Fsp3) is 0.615. The fourth-order valence-corrected chi connectivity index (χ4v) is 11.5. The molecule has 6 heterocycles. The number of ether oxygens (including phenoxy) is 1. The molecule has 0 radical (unpaired) electrons. The second-order valence-electron chi connectivity index (χ2n) is 17.9. The molecule has 3 N–H and O–H groups in total. The van der Waals surface area contributed by atoms with E-state index in [1.807, 2.05) is 35.2 Å². The summed E-state index contributed by atoms with van der Waals surface area (Å²) < 4.78 is 20.2. The Labute approximate surface area is 423 Å². The van der Waals surface area contributed by atoms with Crippen LogP contribution in [0.5, 0.6) is 0 Å². The van der Waals surface area contributed by atoms with E-state index in [1.165, 1.54) is 38.8 Å². The van der Waals surface area contributed by atoms with Gasteiger partial charge in [0.05, 0.1) is 15.1 Å². The minimum atomic E-state index is -1.00. The normalized spacial score (nSPS) is 19.6. The topological polar surface area (TPSA) is 192 Å². The summed E-state index contributed by atoms with van der Waals surface area (Å²) >= 11 is 3.48. The summed E-state index contributed by atoms with van der Waals surface area (Å²) in [5, 5.41) is 7.97. The highest BCUT2D eigenvalue weighted by atomic mass is 32.2. The number of hydrogen-bond acceptors (Lipinski definition) is 12. The lowest BCUT2D eigenvalue weighted by Gasteiger charge is -2.29. The number of carbonyl (C=O) groups excluding carboxylic acids is 8. The number of nitrogens with zero attached hydrogens (tertiary/aromatic N) is 3. The Kier molecular flexibility index (Phi) is 25.3. The van der Waals surface area contributed by atoms with Crippen LogP contribution >= 0.6 is 23.5 Å². The molecular formula is C52H75FN6O9S2. The lowest BCUT2D eigenvalue weighted by Crippen LogP contribution is -2.52. The first-order chi connectivity index (χ1) is 34.1. The van der Waals surface area contributed by atoms with Gasteiger partial charge in [-0.1, -0.05) is 51.7 Å². The van der Waals surface area contributed by atoms with Crippen LogP contribution < -0.4 is 16.0 Å². The molecule has 2 aromatic rings. The van der Waals surface area contributed by atoms with E-state index in [0.29, 0.717) is 62.5 Å². The van der Waals surface area contributed by atoms with Gasteiger partial charge in [0.2, 0.25) is 29.5 Å². The largest absolute Gasteiger partial charge is 0.468 e. The number of alkyl halides is 1. The molecule has 0 aromatic heterocycles. The quantitative estimate of drug-likeness (QED) is 0.0538. The second kappa shape index (κ2) is 31.5. The highest BCUT2D eigenvalue weighted by molar-refractivity contribution is 7.99. The van der Waals surface area contributed by atoms with E-state index in [2.05, 4.69) is 20.7 Å². The van der Waals surface area contributed by atoms with E-state index in [1.54, 1.807) is 39.4 Å². The second-order valence-corrected chi connectivity index (χ2v) is 20.1. The summed E-state index contributed by atoms with van der Waals surface area (Å²) in [4.78, 5) is 103. The standard InChI is InChI=1S/C25H33N3O4S.C20H24N2O5S.C5H11N.CH3F.CH4/c29-22-13-12-20(24(31)26-22)28-17-19-18(25(28)32)9-8-10-21(19)33-16-7-2-1-4-11-23(30)27-14-5-3-6-15-27;23-13-27-10-3-1-2-4-11-28-17-7-5-6-14-15(17)12-22(20(14)26)16-8-9-18(24)21-19(16)25;1-2-4-6-5-3-1;1-2;/h8-10,20H,1-7,11-17H2,(H,26,29,31);5-7,13,16H,1-4,8-12H2,(H,21,24,25);6H,1-5H2;1H3;1H4/i;;;1D;. The monoisotopic (exact) mass is 1010 g/mol. The Morgan fingerprint density at radius 1 is 0.700 bits per heavy atom. The van der Waals surface area contributed by atoms with Gasteiger partial charge in [-0.15, -0.1) is 23.5 Å². The Bertz CT molecular complexity index is 2080. The zero-order valence-corrected chi connectivity index (χ0v) is 41.5. The van der Waals surface area contributed by atoms with Crippen molar-refractivity contribution in [3.8, 4) is 0 Å². The summed E-state index contributed by atoms with van der Waals surface area (Å²) in [5.74, 6) is 0.648. The van der Waals surface area contributed by atoms with Crippen molar-refractivity contribution in [2.75, 3.05) is 51.4 Å². The summed E-state index contributed by atoms with van der Waals surface area (Å²) in [6.45, 7) is 6.14. The van der Waals surface area contributed by atoms with E-state index < -0.39 is 19.2 Å². The minimum absolute atomic E-state index is 0. The van der Waals surface area contributed by atoms with Crippen molar-refractivity contribution in [2.45, 2.75) is 164 Å². The first-order valence-electron chi connectivity index (χ1n) is 25.5. The van der Waals surface area contributed by atoms with E-state index in [4.69, 9.17) is 1.37 Å². The number of piperidine rings is 4. The highest BCUT2D eigenvalue weighted by Gasteiger charge is 2.41. The SMILES string of the molecule is C.C1CCNCC1.O=C1CCC(N2Cc3c(SCCCCCCC(=O)N4CCCCC4)cccc3C2=O)C(=O)N1.O=COCCCCCCSc1cccc2c1CN(C1CCC(=O)NC1=O)C2=O.[2H]CF. The van der Waals surface area contributed by atoms with E-state index in [-0.39, 0.29) is 55.7 Å². The molecule has 15 nitrogen and oxygen atoms in total. The number of rotatable bonds is 19. The van der Waals surface area contributed by atoms with Gasteiger partial charge in [0.25, 0.3) is 18.3 Å². The number of halogens is 1.